The molecule has 2 rings (SSSR count). The molecule has 0 fully saturated rings. The fourth-order valence-electron chi connectivity index (χ4n) is 3.76. The Morgan fingerprint density at radius 3 is 2.14 bits per heavy atom. The normalized spacial score (nSPS) is 13.8. The van der Waals surface area contributed by atoms with Gasteiger partial charge in [-0.3, -0.25) is 9.59 Å². The molecule has 3 atom stereocenters. The number of amides is 3. The number of nitrogens with zero attached hydrogens (tertiary/aromatic N) is 1. The molecule has 7 nitrogen and oxygen atoms in total. The fraction of sp³-hybridized carbons (Fsp3) is 0.464. The maximum atomic E-state index is 13.7. The minimum atomic E-state index is -0.882. The molecule has 190 valence electrons. The Labute approximate surface area is 209 Å². The van der Waals surface area contributed by atoms with Gasteiger partial charge in [-0.2, -0.15) is 0 Å². The van der Waals surface area contributed by atoms with Gasteiger partial charge in [0.15, 0.2) is 0 Å². The first-order chi connectivity index (χ1) is 16.4. The van der Waals surface area contributed by atoms with Crippen LogP contribution < -0.4 is 10.6 Å². The van der Waals surface area contributed by atoms with E-state index in [1.54, 1.807) is 32.6 Å². The highest BCUT2D eigenvalue weighted by Gasteiger charge is 2.37. The second kappa shape index (κ2) is 12.4. The maximum Gasteiger partial charge on any atom is 0.408 e. The third kappa shape index (κ3) is 8.12. The zero-order valence-electron chi connectivity index (χ0n) is 21.9. The molecule has 35 heavy (non-hydrogen) atoms. The molecule has 2 aromatic carbocycles. The van der Waals surface area contributed by atoms with Crippen molar-refractivity contribution in [1.29, 1.82) is 0 Å². The van der Waals surface area contributed by atoms with E-state index in [9.17, 15) is 14.4 Å². The van der Waals surface area contributed by atoms with Crippen LogP contribution in [-0.2, 0) is 20.9 Å². The van der Waals surface area contributed by atoms with Gasteiger partial charge in [0, 0.05) is 12.6 Å². The monoisotopic (exact) mass is 481 g/mol. The van der Waals surface area contributed by atoms with Gasteiger partial charge >= 0.3 is 6.09 Å². The molecule has 3 unspecified atom stereocenters. The van der Waals surface area contributed by atoms with Crippen molar-refractivity contribution in [3.8, 4) is 0 Å². The molecule has 2 aromatic rings. The smallest absolute Gasteiger partial charge is 0.408 e. The molecule has 7 heteroatoms. The molecular formula is C28H39N3O4. The molecule has 0 aromatic heterocycles. The van der Waals surface area contributed by atoms with Crippen LogP contribution in [0.5, 0.6) is 0 Å². The summed E-state index contributed by atoms with van der Waals surface area (Å²) in [4.78, 5) is 41.3. The highest BCUT2D eigenvalue weighted by molar-refractivity contribution is 5.92. The number of nitrogens with one attached hydrogen (secondary N) is 2. The summed E-state index contributed by atoms with van der Waals surface area (Å²) in [5.74, 6) is -0.630. The van der Waals surface area contributed by atoms with Crippen LogP contribution in [0.15, 0.2) is 54.6 Å². The molecule has 0 spiro atoms. The minimum absolute atomic E-state index is 0.252. The molecule has 0 heterocycles. The third-order valence-electron chi connectivity index (χ3n) is 5.74. The molecule has 0 saturated carbocycles. The number of alkyl carbamates (subject to hydrolysis) is 1. The standard InChI is InChI=1S/C28H39N3O4/c1-8-20(3)31(26(33)21(4)30-27(34)35-28(5,6)7)24(23-17-13-12-14-19(23)2)25(32)29-18-22-15-10-9-11-16-22/h9-17,20-21,24H,8,18H2,1-7H3,(H,29,32)(H,30,34). The van der Waals surface area contributed by atoms with Crippen LogP contribution in [0.1, 0.15) is 70.7 Å². The summed E-state index contributed by atoms with van der Waals surface area (Å²) in [6.45, 7) is 13.0. The number of ether oxygens (including phenoxy) is 1. The van der Waals surface area contributed by atoms with E-state index in [4.69, 9.17) is 4.74 Å². The van der Waals surface area contributed by atoms with Gasteiger partial charge < -0.3 is 20.3 Å². The summed E-state index contributed by atoms with van der Waals surface area (Å²) in [7, 11) is 0. The van der Waals surface area contributed by atoms with Gasteiger partial charge in [-0.05, 0) is 64.7 Å². The van der Waals surface area contributed by atoms with Gasteiger partial charge in [0.1, 0.15) is 17.7 Å². The first kappa shape index (κ1) is 27.9. The van der Waals surface area contributed by atoms with Crippen molar-refractivity contribution in [2.24, 2.45) is 0 Å². The predicted octanol–water partition coefficient (Wildman–Crippen LogP) is 4.89. The zero-order valence-corrected chi connectivity index (χ0v) is 21.9. The van der Waals surface area contributed by atoms with Crippen LogP contribution in [0, 0.1) is 6.92 Å². The van der Waals surface area contributed by atoms with Gasteiger partial charge in [-0.15, -0.1) is 0 Å². The van der Waals surface area contributed by atoms with E-state index < -0.39 is 23.8 Å². The average molecular weight is 482 g/mol. The summed E-state index contributed by atoms with van der Waals surface area (Å²) in [6, 6.07) is 15.2. The summed E-state index contributed by atoms with van der Waals surface area (Å²) >= 11 is 0. The molecular weight excluding hydrogens is 442 g/mol. The highest BCUT2D eigenvalue weighted by Crippen LogP contribution is 2.28. The lowest BCUT2D eigenvalue weighted by Crippen LogP contribution is -2.54. The number of hydrogen-bond acceptors (Lipinski definition) is 4. The van der Waals surface area contributed by atoms with Crippen LogP contribution in [0.3, 0.4) is 0 Å². The van der Waals surface area contributed by atoms with E-state index in [-0.39, 0.29) is 17.9 Å². The first-order valence-electron chi connectivity index (χ1n) is 12.1. The van der Waals surface area contributed by atoms with Crippen LogP contribution in [0.25, 0.3) is 0 Å². The largest absolute Gasteiger partial charge is 0.444 e. The number of benzene rings is 2. The fourth-order valence-corrected chi connectivity index (χ4v) is 3.76. The topological polar surface area (TPSA) is 87.7 Å². The van der Waals surface area contributed by atoms with Crippen LogP contribution >= 0.6 is 0 Å². The molecule has 0 aliphatic rings. The van der Waals surface area contributed by atoms with Crippen molar-refractivity contribution in [3.63, 3.8) is 0 Å². The van der Waals surface area contributed by atoms with E-state index in [0.29, 0.717) is 13.0 Å². The van der Waals surface area contributed by atoms with Crippen molar-refractivity contribution >= 4 is 17.9 Å². The summed E-state index contributed by atoms with van der Waals surface area (Å²) < 4.78 is 5.32. The lowest BCUT2D eigenvalue weighted by molar-refractivity contribution is -0.144. The Morgan fingerprint density at radius 2 is 1.57 bits per heavy atom. The lowest BCUT2D eigenvalue weighted by Gasteiger charge is -2.38. The maximum absolute atomic E-state index is 13.7. The molecule has 2 N–H and O–H groups in total. The first-order valence-corrected chi connectivity index (χ1v) is 12.1. The number of rotatable bonds is 9. The second-order valence-electron chi connectivity index (χ2n) is 9.83. The van der Waals surface area contributed by atoms with Crippen molar-refractivity contribution in [3.05, 3.63) is 71.3 Å². The van der Waals surface area contributed by atoms with E-state index in [0.717, 1.165) is 16.7 Å². The quantitative estimate of drug-likeness (QED) is 0.534. The van der Waals surface area contributed by atoms with Crippen LogP contribution in [0.2, 0.25) is 0 Å². The van der Waals surface area contributed by atoms with Crippen molar-refractivity contribution < 1.29 is 19.1 Å². The Balaban J connectivity index is 2.39. The highest BCUT2D eigenvalue weighted by atomic mass is 16.6. The summed E-state index contributed by atoms with van der Waals surface area (Å²) in [5.41, 5.74) is 1.92. The van der Waals surface area contributed by atoms with E-state index in [1.807, 2.05) is 75.4 Å². The Kier molecular flexibility index (Phi) is 9.87. The van der Waals surface area contributed by atoms with Crippen molar-refractivity contribution in [1.82, 2.24) is 15.5 Å². The molecule has 0 saturated heterocycles. The Hall–Kier alpha value is -3.35. The Morgan fingerprint density at radius 1 is 0.971 bits per heavy atom. The van der Waals surface area contributed by atoms with Gasteiger partial charge in [0.2, 0.25) is 11.8 Å². The average Bonchev–Trinajstić information content (AvgIpc) is 2.80. The van der Waals surface area contributed by atoms with Gasteiger partial charge in [0.05, 0.1) is 0 Å². The SMILES string of the molecule is CCC(C)N(C(=O)C(C)NC(=O)OC(C)(C)C)C(C(=O)NCc1ccccc1)c1ccccc1C. The van der Waals surface area contributed by atoms with Crippen molar-refractivity contribution in [2.45, 2.75) is 85.2 Å². The molecule has 0 aliphatic carbocycles. The summed E-state index contributed by atoms with van der Waals surface area (Å²) in [5, 5.41) is 5.63. The van der Waals surface area contributed by atoms with E-state index >= 15 is 0 Å². The van der Waals surface area contributed by atoms with E-state index in [2.05, 4.69) is 10.6 Å². The van der Waals surface area contributed by atoms with Crippen molar-refractivity contribution in [2.75, 3.05) is 0 Å². The predicted molar refractivity (Wildman–Crippen MR) is 138 cm³/mol. The molecule has 0 radical (unpaired) electrons. The number of hydrogen-bond donors (Lipinski definition) is 2. The number of carbonyl (C=O) groups excluding carboxylic acids is 3. The molecule has 0 aliphatic heterocycles. The van der Waals surface area contributed by atoms with Crippen LogP contribution in [0.4, 0.5) is 4.79 Å². The van der Waals surface area contributed by atoms with Gasteiger partial charge in [-0.1, -0.05) is 61.5 Å². The van der Waals surface area contributed by atoms with Gasteiger partial charge in [-0.25, -0.2) is 4.79 Å². The molecule has 0 bridgehead atoms. The number of aryl methyl sites for hydroxylation is 1. The summed E-state index contributed by atoms with van der Waals surface area (Å²) in [6.07, 6.45) is -0.0392. The van der Waals surface area contributed by atoms with E-state index in [1.165, 1.54) is 0 Å². The minimum Gasteiger partial charge on any atom is -0.444 e. The number of carbonyl (C=O) groups is 3. The Bertz CT molecular complexity index is 1000. The molecule has 3 amide bonds. The van der Waals surface area contributed by atoms with Gasteiger partial charge in [0.25, 0.3) is 0 Å². The van der Waals surface area contributed by atoms with Crippen LogP contribution in [-0.4, -0.2) is 40.5 Å². The second-order valence-corrected chi connectivity index (χ2v) is 9.83. The lowest BCUT2D eigenvalue weighted by atomic mass is 9.96. The zero-order chi connectivity index (χ0) is 26.2. The third-order valence-corrected chi connectivity index (χ3v) is 5.74.